The summed E-state index contributed by atoms with van der Waals surface area (Å²) in [5.41, 5.74) is 13.3. The highest BCUT2D eigenvalue weighted by Crippen LogP contribution is 2.39. The van der Waals surface area contributed by atoms with Crippen molar-refractivity contribution < 1.29 is 10.2 Å². The first kappa shape index (κ1) is 45.4. The fraction of sp³-hybridized carbons (Fsp3) is 0.490. The quantitative estimate of drug-likeness (QED) is 0.0887. The highest BCUT2D eigenvalue weighted by Gasteiger charge is 2.14. The summed E-state index contributed by atoms with van der Waals surface area (Å²) in [6.45, 7) is 22.1. The Hall–Kier alpha value is -3.78. The van der Waals surface area contributed by atoms with Crippen molar-refractivity contribution in [2.45, 2.75) is 166 Å². The van der Waals surface area contributed by atoms with E-state index in [-0.39, 0.29) is 11.5 Å². The molecule has 2 N–H and O–H groups in total. The van der Waals surface area contributed by atoms with Crippen LogP contribution in [0.5, 0.6) is 11.5 Å². The number of benzene rings is 2. The zero-order valence-corrected chi connectivity index (χ0v) is 35.4. The van der Waals surface area contributed by atoms with Crippen LogP contribution in [0.4, 0.5) is 0 Å². The number of allylic oxidation sites excluding steroid dienone is 16. The van der Waals surface area contributed by atoms with Gasteiger partial charge in [-0.1, -0.05) is 117 Å². The zero-order valence-electron chi connectivity index (χ0n) is 35.4. The Labute approximate surface area is 325 Å². The summed E-state index contributed by atoms with van der Waals surface area (Å²) in [6.07, 6.45) is 35.5. The van der Waals surface area contributed by atoms with Crippen LogP contribution < -0.4 is 0 Å². The standard InChI is InChI=1S/C51H74O2/c1-38(2)20-13-21-39(3)22-14-23-40(4)24-15-25-41(5)26-16-27-42(6)28-17-29-43(7)30-18-31-44(8)32-19-33-45(9)36-37-47-46(10)50(52)48-34-11-12-35-49(48)51(47)53/h11-12,20,22,24,26,28,30,32,34-36,52-53H,13-19,21,23,25,27,29,31,33,37H2,1-10H3. The second kappa shape index (κ2) is 25.3. The largest absolute Gasteiger partial charge is 0.507 e. The lowest BCUT2D eigenvalue weighted by Gasteiger charge is -2.13. The predicted molar refractivity (Wildman–Crippen MR) is 236 cm³/mol. The van der Waals surface area contributed by atoms with Crippen molar-refractivity contribution in [3.63, 3.8) is 0 Å². The Morgan fingerprint density at radius 3 is 1.02 bits per heavy atom. The highest BCUT2D eigenvalue weighted by molar-refractivity contribution is 5.95. The molecule has 0 fully saturated rings. The van der Waals surface area contributed by atoms with E-state index >= 15 is 0 Å². The third kappa shape index (κ3) is 18.7. The van der Waals surface area contributed by atoms with Gasteiger partial charge in [0.05, 0.1) is 0 Å². The SMILES string of the molecule is CC(C)=CCCC(C)=CCCC(C)=CCCC(C)=CCCC(C)=CCCC(C)=CCCC(C)=CCCC(C)=CCc1c(C)c(O)c2ccccc2c1O. The number of aromatic hydroxyl groups is 2. The highest BCUT2D eigenvalue weighted by atomic mass is 16.3. The molecule has 0 aliphatic heterocycles. The van der Waals surface area contributed by atoms with Gasteiger partial charge in [-0.15, -0.1) is 0 Å². The smallest absolute Gasteiger partial charge is 0.127 e. The Kier molecular flexibility index (Phi) is 21.6. The lowest BCUT2D eigenvalue weighted by molar-refractivity contribution is 0.461. The molecule has 0 amide bonds. The van der Waals surface area contributed by atoms with E-state index in [2.05, 4.69) is 111 Å². The average Bonchev–Trinajstić information content (AvgIpc) is 3.10. The molecular formula is C51H74O2. The van der Waals surface area contributed by atoms with E-state index in [1.54, 1.807) is 0 Å². The van der Waals surface area contributed by atoms with Gasteiger partial charge in [0, 0.05) is 16.3 Å². The van der Waals surface area contributed by atoms with Crippen molar-refractivity contribution in [2.24, 2.45) is 0 Å². The molecule has 2 heteroatoms. The molecule has 0 aliphatic rings. The maximum atomic E-state index is 10.9. The van der Waals surface area contributed by atoms with Gasteiger partial charge in [-0.05, 0) is 171 Å². The monoisotopic (exact) mass is 719 g/mol. The van der Waals surface area contributed by atoms with E-state index < -0.39 is 0 Å². The van der Waals surface area contributed by atoms with Crippen molar-refractivity contribution in [3.05, 3.63) is 129 Å². The lowest BCUT2D eigenvalue weighted by Crippen LogP contribution is -1.92. The van der Waals surface area contributed by atoms with Crippen LogP contribution in [0.3, 0.4) is 0 Å². The second-order valence-electron chi connectivity index (χ2n) is 16.0. The van der Waals surface area contributed by atoms with Gasteiger partial charge in [-0.3, -0.25) is 0 Å². The summed E-state index contributed by atoms with van der Waals surface area (Å²) in [5, 5.41) is 23.0. The summed E-state index contributed by atoms with van der Waals surface area (Å²) in [7, 11) is 0. The van der Waals surface area contributed by atoms with Crippen LogP contribution in [-0.2, 0) is 6.42 Å². The molecule has 0 unspecified atom stereocenters. The van der Waals surface area contributed by atoms with Crippen LogP contribution in [0.15, 0.2) is 117 Å². The fourth-order valence-corrected chi connectivity index (χ4v) is 6.69. The number of hydrogen-bond donors (Lipinski definition) is 2. The van der Waals surface area contributed by atoms with Gasteiger partial charge in [0.2, 0.25) is 0 Å². The van der Waals surface area contributed by atoms with E-state index in [0.717, 1.165) is 81.8 Å². The molecule has 2 aromatic carbocycles. The molecule has 2 rings (SSSR count). The molecule has 2 nitrogen and oxygen atoms in total. The summed E-state index contributed by atoms with van der Waals surface area (Å²) in [6, 6.07) is 7.50. The van der Waals surface area contributed by atoms with Crippen molar-refractivity contribution in [2.75, 3.05) is 0 Å². The predicted octanol–water partition coefficient (Wildman–Crippen LogP) is 16.2. The summed E-state index contributed by atoms with van der Waals surface area (Å²) >= 11 is 0. The van der Waals surface area contributed by atoms with Crippen molar-refractivity contribution in [1.29, 1.82) is 0 Å². The van der Waals surface area contributed by atoms with Gasteiger partial charge in [0.15, 0.2) is 0 Å². The first-order valence-corrected chi connectivity index (χ1v) is 20.4. The van der Waals surface area contributed by atoms with E-state index in [1.807, 2.05) is 31.2 Å². The molecule has 0 atom stereocenters. The van der Waals surface area contributed by atoms with E-state index in [0.29, 0.717) is 17.2 Å². The number of rotatable bonds is 23. The third-order valence-electron chi connectivity index (χ3n) is 10.5. The maximum Gasteiger partial charge on any atom is 0.127 e. The summed E-state index contributed by atoms with van der Waals surface area (Å²) in [5.74, 6) is 0.549. The van der Waals surface area contributed by atoms with Gasteiger partial charge < -0.3 is 10.2 Å². The summed E-state index contributed by atoms with van der Waals surface area (Å²) < 4.78 is 0. The first-order valence-electron chi connectivity index (χ1n) is 20.4. The minimum Gasteiger partial charge on any atom is -0.507 e. The number of phenols is 2. The Balaban J connectivity index is 1.64. The Bertz CT molecular complexity index is 1690. The van der Waals surface area contributed by atoms with E-state index in [1.165, 1.54) is 63.8 Å². The first-order chi connectivity index (χ1) is 25.3. The van der Waals surface area contributed by atoms with Crippen LogP contribution in [0, 0.1) is 6.92 Å². The molecule has 0 saturated carbocycles. The second-order valence-corrected chi connectivity index (χ2v) is 16.0. The topological polar surface area (TPSA) is 40.5 Å². The van der Waals surface area contributed by atoms with Gasteiger partial charge in [-0.2, -0.15) is 0 Å². The number of fused-ring (bicyclic) bond motifs is 1. The minimum atomic E-state index is 0.267. The maximum absolute atomic E-state index is 10.9. The normalized spacial score (nSPS) is 14.0. The number of phenolic OH excluding ortho intramolecular Hbond substituents is 2. The van der Waals surface area contributed by atoms with Crippen LogP contribution in [0.1, 0.15) is 163 Å². The lowest BCUT2D eigenvalue weighted by atomic mass is 9.95. The molecule has 290 valence electrons. The van der Waals surface area contributed by atoms with Gasteiger partial charge in [0.25, 0.3) is 0 Å². The minimum absolute atomic E-state index is 0.267. The fourth-order valence-electron chi connectivity index (χ4n) is 6.69. The van der Waals surface area contributed by atoms with Crippen molar-refractivity contribution in [3.8, 4) is 11.5 Å². The molecule has 0 radical (unpaired) electrons. The molecule has 0 saturated heterocycles. The van der Waals surface area contributed by atoms with Crippen molar-refractivity contribution in [1.82, 2.24) is 0 Å². The Morgan fingerprint density at radius 2 is 0.698 bits per heavy atom. The van der Waals surface area contributed by atoms with Crippen LogP contribution >= 0.6 is 0 Å². The molecule has 0 spiro atoms. The van der Waals surface area contributed by atoms with Gasteiger partial charge in [-0.25, -0.2) is 0 Å². The van der Waals surface area contributed by atoms with E-state index in [9.17, 15) is 10.2 Å². The molecule has 53 heavy (non-hydrogen) atoms. The van der Waals surface area contributed by atoms with Crippen molar-refractivity contribution >= 4 is 10.8 Å². The number of hydrogen-bond acceptors (Lipinski definition) is 2. The summed E-state index contributed by atoms with van der Waals surface area (Å²) in [4.78, 5) is 0. The van der Waals surface area contributed by atoms with Gasteiger partial charge in [0.1, 0.15) is 11.5 Å². The van der Waals surface area contributed by atoms with Crippen LogP contribution in [-0.4, -0.2) is 10.2 Å². The molecule has 2 aromatic rings. The Morgan fingerprint density at radius 1 is 0.415 bits per heavy atom. The van der Waals surface area contributed by atoms with E-state index in [4.69, 9.17) is 0 Å². The molecule has 0 aliphatic carbocycles. The third-order valence-corrected chi connectivity index (χ3v) is 10.5. The van der Waals surface area contributed by atoms with Crippen LogP contribution in [0.25, 0.3) is 10.8 Å². The zero-order chi connectivity index (χ0) is 39.2. The molecular weight excluding hydrogens is 645 g/mol. The molecule has 0 aromatic heterocycles. The average molecular weight is 719 g/mol. The molecule has 0 bridgehead atoms. The van der Waals surface area contributed by atoms with Crippen LogP contribution in [0.2, 0.25) is 0 Å². The van der Waals surface area contributed by atoms with Gasteiger partial charge >= 0.3 is 0 Å². The molecule has 0 heterocycles.